The number of anilines is 2. The summed E-state index contributed by atoms with van der Waals surface area (Å²) in [6, 6.07) is 5.50. The van der Waals surface area contributed by atoms with Gasteiger partial charge in [-0.2, -0.15) is 10.2 Å². The van der Waals surface area contributed by atoms with Crippen LogP contribution >= 0.6 is 35.4 Å². The van der Waals surface area contributed by atoms with Crippen LogP contribution < -0.4 is 10.6 Å². The smallest absolute Gasteiger partial charge is 0.361 e. The highest BCUT2D eigenvalue weighted by Crippen LogP contribution is 2.25. The van der Waals surface area contributed by atoms with Crippen molar-refractivity contribution in [1.82, 2.24) is 19.6 Å². The second-order valence-electron chi connectivity index (χ2n) is 7.73. The van der Waals surface area contributed by atoms with Crippen LogP contribution in [0.1, 0.15) is 48.2 Å². The molecule has 1 aromatic carbocycles. The molecule has 0 radical (unpaired) electrons. The number of hydrogen-bond donors (Lipinski definition) is 2. The molecule has 3 aromatic rings. The minimum absolute atomic E-state index is 0.179. The van der Waals surface area contributed by atoms with E-state index in [4.69, 9.17) is 40.2 Å². The van der Waals surface area contributed by atoms with Gasteiger partial charge in [0.2, 0.25) is 0 Å². The predicted molar refractivity (Wildman–Crippen MR) is 136 cm³/mol. The van der Waals surface area contributed by atoms with E-state index in [-0.39, 0.29) is 11.8 Å². The van der Waals surface area contributed by atoms with Crippen LogP contribution in [0.3, 0.4) is 0 Å². The molecule has 176 valence electrons. The van der Waals surface area contributed by atoms with Crippen LogP contribution in [0.2, 0.25) is 10.0 Å². The Kier molecular flexibility index (Phi) is 7.99. The molecule has 0 spiro atoms. The SMILES string of the molecule is CCn1cc(NC(=S)Nc2c(C)nn(Cc3ccc(Cl)c(Cl)c3)c2C)c(C(=O)OC(C)C)n1. The number of rotatable bonds is 7. The number of nitrogens with zero attached hydrogens (tertiary/aromatic N) is 4. The van der Waals surface area contributed by atoms with Crippen LogP contribution in [0.25, 0.3) is 0 Å². The third-order valence-electron chi connectivity index (χ3n) is 4.81. The Morgan fingerprint density at radius 3 is 2.55 bits per heavy atom. The van der Waals surface area contributed by atoms with Gasteiger partial charge in [-0.05, 0) is 64.5 Å². The average molecular weight is 509 g/mol. The van der Waals surface area contributed by atoms with Gasteiger partial charge in [-0.15, -0.1) is 0 Å². The number of hydrogen-bond acceptors (Lipinski definition) is 5. The molecule has 0 atom stereocenters. The fourth-order valence-electron chi connectivity index (χ4n) is 3.21. The van der Waals surface area contributed by atoms with E-state index in [0.717, 1.165) is 22.6 Å². The van der Waals surface area contributed by atoms with Crippen molar-refractivity contribution in [3.05, 3.63) is 57.1 Å². The lowest BCUT2D eigenvalue weighted by Crippen LogP contribution is -2.22. The molecular weight excluding hydrogens is 483 g/mol. The molecule has 0 bridgehead atoms. The number of carbonyl (C=O) groups is 1. The van der Waals surface area contributed by atoms with Crippen molar-refractivity contribution in [2.24, 2.45) is 0 Å². The Labute approximate surface area is 208 Å². The van der Waals surface area contributed by atoms with Gasteiger partial charge in [-0.25, -0.2) is 4.79 Å². The minimum atomic E-state index is -0.510. The first-order valence-electron chi connectivity index (χ1n) is 10.4. The number of benzene rings is 1. The summed E-state index contributed by atoms with van der Waals surface area (Å²) in [6.07, 6.45) is 1.46. The highest BCUT2D eigenvalue weighted by Gasteiger charge is 2.21. The predicted octanol–water partition coefficient (Wildman–Crippen LogP) is 5.45. The molecule has 0 saturated heterocycles. The fourth-order valence-corrected chi connectivity index (χ4v) is 3.74. The number of halogens is 2. The first-order valence-corrected chi connectivity index (χ1v) is 11.6. The second kappa shape index (κ2) is 10.5. The number of aromatic nitrogens is 4. The lowest BCUT2D eigenvalue weighted by Gasteiger charge is -2.12. The summed E-state index contributed by atoms with van der Waals surface area (Å²) in [5.74, 6) is -0.510. The molecule has 8 nitrogen and oxygen atoms in total. The van der Waals surface area contributed by atoms with Gasteiger partial charge in [0.05, 0.1) is 45.5 Å². The van der Waals surface area contributed by atoms with Gasteiger partial charge < -0.3 is 15.4 Å². The number of aryl methyl sites for hydroxylation is 2. The standard InChI is InChI=1S/C22H26Cl2N6O2S/c1-6-29-11-18(20(28-29)21(31)32-12(2)3)25-22(33)26-19-13(4)27-30(14(19)5)10-15-7-8-16(23)17(24)9-15/h7-9,11-12H,6,10H2,1-5H3,(H2,25,26,33). The third kappa shape index (κ3) is 6.04. The van der Waals surface area contributed by atoms with Crippen LogP contribution in [0.4, 0.5) is 11.4 Å². The Hall–Kier alpha value is -2.62. The zero-order valence-electron chi connectivity index (χ0n) is 19.1. The summed E-state index contributed by atoms with van der Waals surface area (Å²) in [6.45, 7) is 10.5. The van der Waals surface area contributed by atoms with Crippen molar-refractivity contribution < 1.29 is 9.53 Å². The third-order valence-corrected chi connectivity index (χ3v) is 5.75. The molecule has 2 heterocycles. The van der Waals surface area contributed by atoms with Gasteiger partial charge in [0.25, 0.3) is 0 Å². The molecule has 33 heavy (non-hydrogen) atoms. The van der Waals surface area contributed by atoms with Crippen LogP contribution in [-0.2, 0) is 17.8 Å². The van der Waals surface area contributed by atoms with Crippen LogP contribution in [-0.4, -0.2) is 36.7 Å². The van der Waals surface area contributed by atoms with E-state index >= 15 is 0 Å². The van der Waals surface area contributed by atoms with Crippen LogP contribution in [0.15, 0.2) is 24.4 Å². The lowest BCUT2D eigenvalue weighted by molar-refractivity contribution is 0.0371. The Bertz CT molecular complexity index is 1190. The van der Waals surface area contributed by atoms with Gasteiger partial charge in [0, 0.05) is 12.7 Å². The summed E-state index contributed by atoms with van der Waals surface area (Å²) in [5.41, 5.74) is 4.08. The van der Waals surface area contributed by atoms with E-state index in [0.29, 0.717) is 33.9 Å². The highest BCUT2D eigenvalue weighted by atomic mass is 35.5. The van der Waals surface area contributed by atoms with E-state index in [1.807, 2.05) is 37.6 Å². The van der Waals surface area contributed by atoms with Crippen molar-refractivity contribution in [2.75, 3.05) is 10.6 Å². The van der Waals surface area contributed by atoms with Gasteiger partial charge in [-0.3, -0.25) is 9.36 Å². The van der Waals surface area contributed by atoms with Crippen molar-refractivity contribution in [3.63, 3.8) is 0 Å². The maximum Gasteiger partial charge on any atom is 0.361 e. The van der Waals surface area contributed by atoms with E-state index < -0.39 is 5.97 Å². The molecule has 11 heteroatoms. The highest BCUT2D eigenvalue weighted by molar-refractivity contribution is 7.80. The van der Waals surface area contributed by atoms with Crippen LogP contribution in [0.5, 0.6) is 0 Å². The van der Waals surface area contributed by atoms with Crippen LogP contribution in [0, 0.1) is 13.8 Å². The summed E-state index contributed by atoms with van der Waals surface area (Å²) < 4.78 is 8.81. The Morgan fingerprint density at radius 1 is 1.18 bits per heavy atom. The lowest BCUT2D eigenvalue weighted by atomic mass is 10.2. The quantitative estimate of drug-likeness (QED) is 0.324. The van der Waals surface area contributed by atoms with Gasteiger partial charge >= 0.3 is 5.97 Å². The molecule has 2 N–H and O–H groups in total. The molecule has 0 aliphatic carbocycles. The topological polar surface area (TPSA) is 86.0 Å². The molecule has 3 rings (SSSR count). The number of nitrogens with one attached hydrogen (secondary N) is 2. The van der Waals surface area contributed by atoms with Crippen molar-refractivity contribution in [2.45, 2.75) is 53.8 Å². The largest absolute Gasteiger partial charge is 0.458 e. The van der Waals surface area contributed by atoms with E-state index in [1.54, 1.807) is 30.8 Å². The first-order chi connectivity index (χ1) is 15.6. The molecule has 2 aromatic heterocycles. The minimum Gasteiger partial charge on any atom is -0.458 e. The van der Waals surface area contributed by atoms with E-state index in [2.05, 4.69) is 20.8 Å². The number of carbonyl (C=O) groups excluding carboxylic acids is 1. The maximum absolute atomic E-state index is 12.4. The van der Waals surface area contributed by atoms with Crippen molar-refractivity contribution in [1.29, 1.82) is 0 Å². The molecule has 0 fully saturated rings. The van der Waals surface area contributed by atoms with E-state index in [1.165, 1.54) is 0 Å². The number of esters is 1. The maximum atomic E-state index is 12.4. The molecule has 0 amide bonds. The average Bonchev–Trinajstić information content (AvgIpc) is 3.26. The van der Waals surface area contributed by atoms with Crippen molar-refractivity contribution in [3.8, 4) is 0 Å². The summed E-state index contributed by atoms with van der Waals surface area (Å²) in [5, 5.41) is 16.5. The molecule has 0 aliphatic heterocycles. The summed E-state index contributed by atoms with van der Waals surface area (Å²) in [7, 11) is 0. The summed E-state index contributed by atoms with van der Waals surface area (Å²) >= 11 is 17.7. The van der Waals surface area contributed by atoms with E-state index in [9.17, 15) is 4.79 Å². The molecule has 0 unspecified atom stereocenters. The Balaban J connectivity index is 1.77. The molecule has 0 aliphatic rings. The Morgan fingerprint density at radius 2 is 1.91 bits per heavy atom. The fraction of sp³-hybridized carbons (Fsp3) is 0.364. The zero-order chi connectivity index (χ0) is 24.3. The van der Waals surface area contributed by atoms with Gasteiger partial charge in [0.1, 0.15) is 0 Å². The molecule has 0 saturated carbocycles. The zero-order valence-corrected chi connectivity index (χ0v) is 21.4. The normalized spacial score (nSPS) is 11.0. The second-order valence-corrected chi connectivity index (χ2v) is 8.95. The van der Waals surface area contributed by atoms with Crippen molar-refractivity contribution >= 4 is 57.9 Å². The number of thiocarbonyl (C=S) groups is 1. The first kappa shape index (κ1) is 25.0. The number of ether oxygens (including phenoxy) is 1. The monoisotopic (exact) mass is 508 g/mol. The van der Waals surface area contributed by atoms with Gasteiger partial charge in [0.15, 0.2) is 10.8 Å². The molecular formula is C22H26Cl2N6O2S. The van der Waals surface area contributed by atoms with Gasteiger partial charge in [-0.1, -0.05) is 29.3 Å². The summed E-state index contributed by atoms with van der Waals surface area (Å²) in [4.78, 5) is 12.4.